The number of rotatable bonds is 0. The van der Waals surface area contributed by atoms with Gasteiger partial charge in [-0.25, -0.2) is 4.39 Å². The average molecular weight is 214 g/mol. The molecule has 0 amide bonds. The van der Waals surface area contributed by atoms with Gasteiger partial charge in [0.2, 0.25) is 0 Å². The molecule has 84 valence electrons. The molecule has 0 spiro atoms. The van der Waals surface area contributed by atoms with Gasteiger partial charge in [0.1, 0.15) is 0 Å². The smallest absolute Gasteiger partial charge is 0.200 e. The van der Waals surface area contributed by atoms with Gasteiger partial charge in [-0.2, -0.15) is 4.39 Å². The molecule has 1 nitrogen and oxygen atoms in total. The summed E-state index contributed by atoms with van der Waals surface area (Å²) in [6, 6.07) is 0. The fourth-order valence-corrected chi connectivity index (χ4v) is 1.46. The summed E-state index contributed by atoms with van der Waals surface area (Å²) in [4.78, 5) is 0. The quantitative estimate of drug-likeness (QED) is 0.587. The zero-order valence-corrected chi connectivity index (χ0v) is 9.15. The Morgan fingerprint density at radius 2 is 2.07 bits per heavy atom. The van der Waals surface area contributed by atoms with Crippen LogP contribution in [0.15, 0.2) is 35.6 Å². The Labute approximate surface area is 89.1 Å². The van der Waals surface area contributed by atoms with E-state index in [1.54, 1.807) is 13.0 Å². The lowest BCUT2D eigenvalue weighted by atomic mass is 10.1. The molecule has 1 atom stereocenters. The molecule has 1 unspecified atom stereocenters. The second-order valence-electron chi connectivity index (χ2n) is 3.80. The number of halogens is 2. The predicted molar refractivity (Wildman–Crippen MR) is 56.5 cm³/mol. The zero-order chi connectivity index (χ0) is 11.4. The summed E-state index contributed by atoms with van der Waals surface area (Å²) in [5.41, 5.74) is 0.312. The van der Waals surface area contributed by atoms with Gasteiger partial charge >= 0.3 is 0 Å². The molecule has 0 aromatic heterocycles. The summed E-state index contributed by atoms with van der Waals surface area (Å²) in [7, 11) is 0. The van der Waals surface area contributed by atoms with Crippen LogP contribution in [-0.2, 0) is 4.74 Å². The van der Waals surface area contributed by atoms with Gasteiger partial charge in [0.15, 0.2) is 17.4 Å². The van der Waals surface area contributed by atoms with Crippen molar-refractivity contribution in [3.05, 3.63) is 35.6 Å². The second-order valence-corrected chi connectivity index (χ2v) is 3.80. The van der Waals surface area contributed by atoms with Gasteiger partial charge in [-0.1, -0.05) is 12.7 Å². The standard InChI is InChI=1S/C12H16F2O/c1-8-6-4-5-7-9(2)15-10(3)12(14)11(8)13/h6,9H,3-5,7H2,1-2H3/b8-6-,12-11?. The van der Waals surface area contributed by atoms with Crippen molar-refractivity contribution >= 4 is 0 Å². The van der Waals surface area contributed by atoms with Crippen molar-refractivity contribution in [1.82, 2.24) is 0 Å². The molecule has 0 N–H and O–H groups in total. The number of hydrogen-bond acceptors (Lipinski definition) is 1. The Balaban J connectivity index is 2.97. The highest BCUT2D eigenvalue weighted by Gasteiger charge is 2.16. The molecule has 1 aliphatic rings. The monoisotopic (exact) mass is 214 g/mol. The third kappa shape index (κ3) is 3.18. The maximum atomic E-state index is 13.4. The summed E-state index contributed by atoms with van der Waals surface area (Å²) in [6.45, 7) is 6.76. The zero-order valence-electron chi connectivity index (χ0n) is 9.15. The lowest BCUT2D eigenvalue weighted by molar-refractivity contribution is 0.120. The Bertz CT molecular complexity index is 316. The van der Waals surface area contributed by atoms with Crippen LogP contribution in [0.2, 0.25) is 0 Å². The maximum Gasteiger partial charge on any atom is 0.200 e. The van der Waals surface area contributed by atoms with Crippen LogP contribution in [0.3, 0.4) is 0 Å². The van der Waals surface area contributed by atoms with Gasteiger partial charge in [0.25, 0.3) is 0 Å². The molecule has 15 heavy (non-hydrogen) atoms. The predicted octanol–water partition coefficient (Wildman–Crippen LogP) is 4.19. The Kier molecular flexibility index (Phi) is 4.06. The van der Waals surface area contributed by atoms with Crippen molar-refractivity contribution in [2.75, 3.05) is 0 Å². The van der Waals surface area contributed by atoms with Crippen LogP contribution in [0.4, 0.5) is 8.78 Å². The molecule has 0 radical (unpaired) electrons. The first-order valence-electron chi connectivity index (χ1n) is 5.10. The molecule has 1 aliphatic heterocycles. The average Bonchev–Trinajstić information content (AvgIpc) is 2.20. The molecule has 0 saturated carbocycles. The van der Waals surface area contributed by atoms with Crippen LogP contribution in [-0.4, -0.2) is 6.10 Å². The van der Waals surface area contributed by atoms with Crippen LogP contribution >= 0.6 is 0 Å². The Hall–Kier alpha value is -1.12. The number of ether oxygens (including phenoxy) is 1. The van der Waals surface area contributed by atoms with Gasteiger partial charge in [-0.05, 0) is 38.7 Å². The van der Waals surface area contributed by atoms with E-state index in [0.29, 0.717) is 5.57 Å². The van der Waals surface area contributed by atoms with Crippen LogP contribution in [0.1, 0.15) is 33.1 Å². The highest BCUT2D eigenvalue weighted by molar-refractivity contribution is 5.33. The third-order valence-corrected chi connectivity index (χ3v) is 2.39. The number of allylic oxidation sites excluding steroid dienone is 4. The van der Waals surface area contributed by atoms with Crippen molar-refractivity contribution in [3.8, 4) is 0 Å². The first kappa shape index (κ1) is 12.0. The van der Waals surface area contributed by atoms with Crippen molar-refractivity contribution in [1.29, 1.82) is 0 Å². The van der Waals surface area contributed by atoms with E-state index in [4.69, 9.17) is 4.74 Å². The van der Waals surface area contributed by atoms with E-state index in [2.05, 4.69) is 6.58 Å². The van der Waals surface area contributed by atoms with E-state index in [9.17, 15) is 8.78 Å². The van der Waals surface area contributed by atoms with E-state index in [1.165, 1.54) is 0 Å². The van der Waals surface area contributed by atoms with Gasteiger partial charge in [-0.3, -0.25) is 0 Å². The van der Waals surface area contributed by atoms with E-state index in [0.717, 1.165) is 19.3 Å². The third-order valence-electron chi connectivity index (χ3n) is 2.39. The minimum absolute atomic E-state index is 0.122. The van der Waals surface area contributed by atoms with E-state index in [-0.39, 0.29) is 11.9 Å². The molecule has 3 heteroatoms. The summed E-state index contributed by atoms with van der Waals surface area (Å²) in [5.74, 6) is -2.07. The molecule has 1 heterocycles. The lowest BCUT2D eigenvalue weighted by Crippen LogP contribution is -2.09. The van der Waals surface area contributed by atoms with Gasteiger partial charge in [0, 0.05) is 0 Å². The molecular weight excluding hydrogens is 198 g/mol. The summed E-state index contributed by atoms with van der Waals surface area (Å²) in [6.07, 6.45) is 4.05. The summed E-state index contributed by atoms with van der Waals surface area (Å²) in [5, 5.41) is 0. The maximum absolute atomic E-state index is 13.4. The topological polar surface area (TPSA) is 9.23 Å². The minimum atomic E-state index is -0.988. The van der Waals surface area contributed by atoms with Crippen molar-refractivity contribution in [3.63, 3.8) is 0 Å². The SMILES string of the molecule is C=C1OC(C)CCC/C=C(/C)C(F)=C1F. The van der Waals surface area contributed by atoms with Crippen LogP contribution < -0.4 is 0 Å². The lowest BCUT2D eigenvalue weighted by Gasteiger charge is -2.17. The second kappa shape index (κ2) is 5.10. The largest absolute Gasteiger partial charge is 0.488 e. The molecule has 0 bridgehead atoms. The van der Waals surface area contributed by atoms with Crippen molar-refractivity contribution < 1.29 is 13.5 Å². The van der Waals surface area contributed by atoms with E-state index >= 15 is 0 Å². The molecule has 1 rings (SSSR count). The summed E-state index contributed by atoms with van der Waals surface area (Å²) >= 11 is 0. The van der Waals surface area contributed by atoms with E-state index in [1.807, 2.05) is 6.92 Å². The Morgan fingerprint density at radius 3 is 2.73 bits per heavy atom. The molecule has 0 fully saturated rings. The number of hydrogen-bond donors (Lipinski definition) is 0. The van der Waals surface area contributed by atoms with Crippen molar-refractivity contribution in [2.45, 2.75) is 39.2 Å². The van der Waals surface area contributed by atoms with Gasteiger partial charge < -0.3 is 4.74 Å². The van der Waals surface area contributed by atoms with Crippen LogP contribution in [0.5, 0.6) is 0 Å². The minimum Gasteiger partial charge on any atom is -0.488 e. The van der Waals surface area contributed by atoms with E-state index < -0.39 is 11.7 Å². The van der Waals surface area contributed by atoms with Crippen LogP contribution in [0, 0.1) is 0 Å². The summed E-state index contributed by atoms with van der Waals surface area (Å²) < 4.78 is 31.9. The van der Waals surface area contributed by atoms with Crippen LogP contribution in [0.25, 0.3) is 0 Å². The van der Waals surface area contributed by atoms with Gasteiger partial charge in [0.05, 0.1) is 6.10 Å². The molecule has 0 saturated heterocycles. The molecular formula is C12H16F2O. The molecule has 0 aliphatic carbocycles. The fourth-order valence-electron chi connectivity index (χ4n) is 1.46. The fraction of sp³-hybridized carbons (Fsp3) is 0.500. The highest BCUT2D eigenvalue weighted by atomic mass is 19.2. The van der Waals surface area contributed by atoms with Gasteiger partial charge in [-0.15, -0.1) is 0 Å². The molecule has 0 aromatic carbocycles. The molecule has 0 aromatic rings. The normalized spacial score (nSPS) is 28.1. The highest BCUT2D eigenvalue weighted by Crippen LogP contribution is 2.26. The first-order chi connectivity index (χ1) is 7.02. The Morgan fingerprint density at radius 1 is 1.40 bits per heavy atom. The van der Waals surface area contributed by atoms with Crippen molar-refractivity contribution in [2.24, 2.45) is 0 Å². The first-order valence-corrected chi connectivity index (χ1v) is 5.10.